The molecule has 0 aliphatic carbocycles. The topological polar surface area (TPSA) is 179 Å². The van der Waals surface area contributed by atoms with Gasteiger partial charge < -0.3 is 23.8 Å². The lowest BCUT2D eigenvalue weighted by atomic mass is 9.87. The Balaban J connectivity index is 2.56. The maximum absolute atomic E-state index is 13.6. The lowest BCUT2D eigenvalue weighted by Crippen LogP contribution is -2.63. The average Bonchev–Trinajstić information content (AvgIpc) is 3.23. The molecule has 2 saturated heterocycles. The molecule has 16 heteroatoms. The normalized spacial score (nSPS) is 20.2. The molecule has 0 bridgehead atoms. The van der Waals surface area contributed by atoms with Gasteiger partial charge >= 0.3 is 17.9 Å². The van der Waals surface area contributed by atoms with Crippen molar-refractivity contribution in [3.05, 3.63) is 0 Å². The Hall–Kier alpha value is -3.63. The van der Waals surface area contributed by atoms with Gasteiger partial charge in [-0.05, 0) is 67.2 Å². The summed E-state index contributed by atoms with van der Waals surface area (Å²) < 4.78 is 22.3. The Bertz CT molecular complexity index is 1220. The van der Waals surface area contributed by atoms with Crippen molar-refractivity contribution >= 4 is 42.7 Å². The van der Waals surface area contributed by atoms with Crippen molar-refractivity contribution in [2.24, 2.45) is 0 Å². The molecule has 2 aliphatic rings. The zero-order chi connectivity index (χ0) is 39.1. The van der Waals surface area contributed by atoms with E-state index in [9.17, 15) is 33.6 Å². The summed E-state index contributed by atoms with van der Waals surface area (Å²) in [6.45, 7) is 17.2. The second-order valence-corrected chi connectivity index (χ2v) is 15.5. The van der Waals surface area contributed by atoms with Crippen molar-refractivity contribution < 1.29 is 57.3 Å². The van der Waals surface area contributed by atoms with Gasteiger partial charge in [0, 0.05) is 64.1 Å². The van der Waals surface area contributed by atoms with Gasteiger partial charge in [-0.25, -0.2) is 4.79 Å². The monoisotopic (exact) mass is 740 g/mol. The molecule has 3 unspecified atom stereocenters. The maximum atomic E-state index is 13.6. The number of hydroxylamine groups is 2. The van der Waals surface area contributed by atoms with Crippen molar-refractivity contribution in [3.8, 4) is 0 Å². The van der Waals surface area contributed by atoms with Gasteiger partial charge in [0.1, 0.15) is 23.4 Å². The first kappa shape index (κ1) is 44.5. The number of hydrogen-bond donors (Lipinski definition) is 0. The number of ether oxygens (including phenoxy) is 4. The van der Waals surface area contributed by atoms with Crippen LogP contribution in [0.1, 0.15) is 107 Å². The number of carbonyl (C=O) groups is 7. The predicted molar refractivity (Wildman–Crippen MR) is 187 cm³/mol. The third-order valence-electron chi connectivity index (χ3n) is 8.72. The molecule has 0 spiro atoms. The van der Waals surface area contributed by atoms with Gasteiger partial charge in [0.25, 0.3) is 24.8 Å². The van der Waals surface area contributed by atoms with E-state index in [-0.39, 0.29) is 45.4 Å². The second-order valence-electron chi connectivity index (χ2n) is 15.5. The maximum Gasteiger partial charge on any atom is 0.333 e. The summed E-state index contributed by atoms with van der Waals surface area (Å²) in [6, 6.07) is 0. The van der Waals surface area contributed by atoms with Gasteiger partial charge in [0.15, 0.2) is 0 Å². The molecule has 52 heavy (non-hydrogen) atoms. The van der Waals surface area contributed by atoms with Crippen LogP contribution in [0.4, 0.5) is 0 Å². The van der Waals surface area contributed by atoms with Crippen LogP contribution in [0.3, 0.4) is 0 Å². The Morgan fingerprint density at radius 1 is 0.788 bits per heavy atom. The van der Waals surface area contributed by atoms with Crippen LogP contribution < -0.4 is 0 Å². The van der Waals surface area contributed by atoms with Crippen LogP contribution in [0.15, 0.2) is 0 Å². The van der Waals surface area contributed by atoms with E-state index in [1.54, 1.807) is 41.5 Å². The largest absolute Gasteiger partial charge is 0.463 e. The first-order valence-electron chi connectivity index (χ1n) is 18.2. The Kier molecular flexibility index (Phi) is 17.6. The van der Waals surface area contributed by atoms with Crippen LogP contribution in [-0.2, 0) is 57.3 Å². The highest BCUT2D eigenvalue weighted by Gasteiger charge is 2.44. The van der Waals surface area contributed by atoms with Gasteiger partial charge in [-0.1, -0.05) is 20.3 Å². The fraction of sp³-hybridized carbons (Fsp3) is 0.806. The summed E-state index contributed by atoms with van der Waals surface area (Å²) in [6.07, 6.45) is 1.05. The lowest BCUT2D eigenvalue weighted by molar-refractivity contribution is -0.197. The summed E-state index contributed by atoms with van der Waals surface area (Å²) in [5.74, 6) is -2.77. The van der Waals surface area contributed by atoms with Gasteiger partial charge in [-0.3, -0.25) is 43.5 Å². The van der Waals surface area contributed by atoms with E-state index in [1.807, 2.05) is 23.6 Å². The molecule has 2 amide bonds. The first-order valence-corrected chi connectivity index (χ1v) is 18.2. The minimum atomic E-state index is -0.903. The van der Waals surface area contributed by atoms with Gasteiger partial charge in [0.2, 0.25) is 0 Å². The van der Waals surface area contributed by atoms with E-state index in [1.165, 1.54) is 0 Å². The van der Waals surface area contributed by atoms with E-state index in [0.717, 1.165) is 0 Å². The Morgan fingerprint density at radius 2 is 1.33 bits per heavy atom. The smallest absolute Gasteiger partial charge is 0.333 e. The van der Waals surface area contributed by atoms with E-state index < -0.39 is 58.7 Å². The standard InChI is InChI=1S/C36H60N4O12/c1-9-27(48-25-41)19-37-17-18-38(21-32(46)50-34(3,4)5)24-36(23-37,16-12-11-13-31(45)52-40-29(43)14-15-30(40)44)39(20-28(10-2)49-26-42)22-33(47)51-35(6,7)8/h25-28H,9-24H2,1-8H3. The van der Waals surface area contributed by atoms with Crippen LogP contribution in [0, 0.1) is 0 Å². The van der Waals surface area contributed by atoms with E-state index in [0.29, 0.717) is 76.3 Å². The third kappa shape index (κ3) is 15.5. The van der Waals surface area contributed by atoms with Crippen molar-refractivity contribution in [2.45, 2.75) is 136 Å². The Labute approximate surface area is 307 Å². The number of esters is 2. The van der Waals surface area contributed by atoms with Crippen LogP contribution in [-0.4, -0.2) is 144 Å². The molecule has 2 rings (SSSR count). The number of unbranched alkanes of at least 4 members (excludes halogenated alkanes) is 1. The molecule has 296 valence electrons. The molecule has 3 atom stereocenters. The lowest BCUT2D eigenvalue weighted by Gasteiger charge is -2.47. The van der Waals surface area contributed by atoms with Gasteiger partial charge in [-0.15, -0.1) is 5.06 Å². The van der Waals surface area contributed by atoms with Crippen molar-refractivity contribution in [3.63, 3.8) is 0 Å². The molecule has 0 aromatic rings. The quantitative estimate of drug-likeness (QED) is 0.0550. The van der Waals surface area contributed by atoms with Crippen LogP contribution >= 0.6 is 0 Å². The summed E-state index contributed by atoms with van der Waals surface area (Å²) in [4.78, 5) is 97.4. The van der Waals surface area contributed by atoms with Crippen LogP contribution in [0.5, 0.6) is 0 Å². The molecular weight excluding hydrogens is 680 g/mol. The first-order chi connectivity index (χ1) is 24.3. The average molecular weight is 741 g/mol. The SMILES string of the molecule is CCC(CN1CCN(CC(=O)OC(C)(C)C)CC(CCCCC(=O)ON2C(=O)CCC2=O)(N(CC(=O)OC(C)(C)C)CC(CC)OC=O)C1)OC=O. The summed E-state index contributed by atoms with van der Waals surface area (Å²) in [5, 5.41) is 0.521. The van der Waals surface area contributed by atoms with Crippen molar-refractivity contribution in [1.29, 1.82) is 0 Å². The van der Waals surface area contributed by atoms with Crippen molar-refractivity contribution in [2.75, 3.05) is 52.4 Å². The van der Waals surface area contributed by atoms with Crippen molar-refractivity contribution in [1.82, 2.24) is 19.8 Å². The zero-order valence-corrected chi connectivity index (χ0v) is 32.3. The number of amides is 2. The summed E-state index contributed by atoms with van der Waals surface area (Å²) in [7, 11) is 0. The highest BCUT2D eigenvalue weighted by molar-refractivity contribution is 6.01. The summed E-state index contributed by atoms with van der Waals surface area (Å²) >= 11 is 0. The number of rotatable bonds is 21. The molecule has 2 fully saturated rings. The van der Waals surface area contributed by atoms with Gasteiger partial charge in [0.05, 0.1) is 13.1 Å². The van der Waals surface area contributed by atoms with E-state index in [4.69, 9.17) is 23.8 Å². The fourth-order valence-electron chi connectivity index (χ4n) is 6.40. The second kappa shape index (κ2) is 20.6. The third-order valence-corrected chi connectivity index (χ3v) is 8.72. The fourth-order valence-corrected chi connectivity index (χ4v) is 6.40. The molecule has 0 radical (unpaired) electrons. The van der Waals surface area contributed by atoms with Gasteiger partial charge in [-0.2, -0.15) is 0 Å². The predicted octanol–water partition coefficient (Wildman–Crippen LogP) is 2.40. The summed E-state index contributed by atoms with van der Waals surface area (Å²) in [5.41, 5.74) is -2.40. The number of nitrogens with zero attached hydrogens (tertiary/aromatic N) is 4. The highest BCUT2D eigenvalue weighted by Crippen LogP contribution is 2.31. The number of carbonyl (C=O) groups excluding carboxylic acids is 7. The molecular formula is C36H60N4O12. The molecule has 16 nitrogen and oxygen atoms in total. The molecule has 0 saturated carbocycles. The molecule has 2 heterocycles. The van der Waals surface area contributed by atoms with E-state index in [2.05, 4.69) is 4.90 Å². The molecule has 2 aliphatic heterocycles. The molecule has 0 N–H and O–H groups in total. The zero-order valence-electron chi connectivity index (χ0n) is 32.3. The highest BCUT2D eigenvalue weighted by atomic mass is 16.7. The molecule has 0 aromatic carbocycles. The molecule has 0 aromatic heterocycles. The van der Waals surface area contributed by atoms with Crippen LogP contribution in [0.25, 0.3) is 0 Å². The Morgan fingerprint density at radius 3 is 1.88 bits per heavy atom. The van der Waals surface area contributed by atoms with Crippen LogP contribution in [0.2, 0.25) is 0 Å². The minimum Gasteiger partial charge on any atom is -0.463 e. The van der Waals surface area contributed by atoms with E-state index >= 15 is 0 Å². The number of hydrogen-bond acceptors (Lipinski definition) is 15. The minimum absolute atomic E-state index is 0.0121. The number of imide groups is 1.